The summed E-state index contributed by atoms with van der Waals surface area (Å²) in [5.74, 6) is -3.16. The molecule has 8 N–H and O–H groups in total. The van der Waals surface area contributed by atoms with Crippen molar-refractivity contribution >= 4 is 23.9 Å². The van der Waals surface area contributed by atoms with Crippen LogP contribution in [0.25, 0.3) is 0 Å². The van der Waals surface area contributed by atoms with Crippen molar-refractivity contribution in [1.82, 2.24) is 0 Å². The van der Waals surface area contributed by atoms with Crippen LogP contribution >= 0.6 is 0 Å². The van der Waals surface area contributed by atoms with Gasteiger partial charge in [0.1, 0.15) is 26.4 Å². The van der Waals surface area contributed by atoms with E-state index in [0.717, 1.165) is 0 Å². The van der Waals surface area contributed by atoms with E-state index in [9.17, 15) is 39.6 Å². The van der Waals surface area contributed by atoms with Gasteiger partial charge in [-0.15, -0.1) is 0 Å². The van der Waals surface area contributed by atoms with Crippen LogP contribution in [-0.4, -0.2) is 106 Å². The molecule has 0 saturated heterocycles. The Labute approximate surface area is 258 Å². The second-order valence-corrected chi connectivity index (χ2v) is 11.3. The van der Waals surface area contributed by atoms with Gasteiger partial charge in [0.25, 0.3) is 0 Å². The minimum atomic E-state index is -1.91. The maximum atomic E-state index is 11.9. The fraction of sp³-hybridized carbons (Fsp3) is 0.600. The monoisotopic (exact) mass is 628 g/mol. The Morgan fingerprint density at radius 1 is 0.500 bits per heavy atom. The Balaban J connectivity index is 6.45. The minimum absolute atomic E-state index is 0.0685. The van der Waals surface area contributed by atoms with Gasteiger partial charge >= 0.3 is 23.9 Å². The molecule has 0 radical (unpaired) electrons. The van der Waals surface area contributed by atoms with E-state index in [2.05, 4.69) is 26.3 Å². The smallest absolute Gasteiger partial charge is 0.333 e. The predicted octanol–water partition coefficient (Wildman–Crippen LogP) is -0.137. The molecule has 0 spiro atoms. The van der Waals surface area contributed by atoms with Crippen LogP contribution in [0.4, 0.5) is 0 Å². The molecule has 0 fully saturated rings. The maximum Gasteiger partial charge on any atom is 0.333 e. The largest absolute Gasteiger partial charge is 0.460 e. The van der Waals surface area contributed by atoms with Crippen molar-refractivity contribution in [3.05, 3.63) is 48.6 Å². The van der Waals surface area contributed by atoms with E-state index in [1.54, 1.807) is 0 Å². The first-order valence-electron chi connectivity index (χ1n) is 13.7. The maximum absolute atomic E-state index is 11.9. The lowest BCUT2D eigenvalue weighted by atomic mass is 9.66. The normalized spacial score (nSPS) is 16.5. The van der Waals surface area contributed by atoms with Gasteiger partial charge in [0.2, 0.25) is 0 Å². The molecule has 0 aromatic rings. The molecule has 0 saturated carbocycles. The average Bonchev–Trinajstić information content (AvgIpc) is 2.91. The van der Waals surface area contributed by atoms with E-state index >= 15 is 0 Å². The van der Waals surface area contributed by atoms with Crippen LogP contribution in [-0.2, 0) is 38.1 Å². The van der Waals surface area contributed by atoms with E-state index in [0.29, 0.717) is 0 Å². The Morgan fingerprint density at radius 2 is 0.659 bits per heavy atom. The van der Waals surface area contributed by atoms with Crippen molar-refractivity contribution in [2.75, 3.05) is 26.4 Å². The molecule has 14 heteroatoms. The van der Waals surface area contributed by atoms with E-state index in [1.165, 1.54) is 27.7 Å². The summed E-state index contributed by atoms with van der Waals surface area (Å²) in [6, 6.07) is 0. The Hall–Kier alpha value is -3.40. The van der Waals surface area contributed by atoms with Gasteiger partial charge in [-0.05, 0) is 53.4 Å². The number of carbonyl (C=O) groups is 4. The quantitative estimate of drug-likeness (QED) is 0.0551. The summed E-state index contributed by atoms with van der Waals surface area (Å²) in [6.45, 7) is 17.2. The first kappa shape index (κ1) is 40.6. The molecule has 0 aliphatic carbocycles. The fourth-order valence-electron chi connectivity index (χ4n) is 4.08. The van der Waals surface area contributed by atoms with E-state index in [-0.39, 0.29) is 22.3 Å². The van der Waals surface area contributed by atoms with E-state index in [1.807, 2.05) is 0 Å². The van der Waals surface area contributed by atoms with Gasteiger partial charge in [-0.2, -0.15) is 0 Å². The van der Waals surface area contributed by atoms with Crippen molar-refractivity contribution < 1.29 is 58.6 Å². The summed E-state index contributed by atoms with van der Waals surface area (Å²) in [5.41, 5.74) is 10.0. The summed E-state index contributed by atoms with van der Waals surface area (Å²) in [5, 5.41) is 43.3. The first-order chi connectivity index (χ1) is 20.1. The second-order valence-electron chi connectivity index (χ2n) is 11.3. The van der Waals surface area contributed by atoms with Gasteiger partial charge in [-0.3, -0.25) is 0 Å². The molecule has 0 amide bonds. The number of ether oxygens (including phenoxy) is 4. The molecular weight excluding hydrogens is 580 g/mol. The molecule has 0 bridgehead atoms. The SMILES string of the molecule is C=C(C)C(=O)OCC(O)CC(N)(CC(O)COC(=O)C(=C)C)C(N)(CC(O)COC(=O)C(=C)C)CC(O)COC(=O)C(=C)C. The highest BCUT2D eigenvalue weighted by Crippen LogP contribution is 2.36. The van der Waals surface area contributed by atoms with Crippen LogP contribution in [0.15, 0.2) is 48.6 Å². The molecule has 14 nitrogen and oxygen atoms in total. The van der Waals surface area contributed by atoms with Gasteiger partial charge in [0, 0.05) is 33.4 Å². The van der Waals surface area contributed by atoms with E-state index < -0.39 is 111 Å². The van der Waals surface area contributed by atoms with Crippen LogP contribution in [0.3, 0.4) is 0 Å². The van der Waals surface area contributed by atoms with Crippen molar-refractivity contribution in [1.29, 1.82) is 0 Å². The Kier molecular flexibility index (Phi) is 17.0. The third-order valence-electron chi connectivity index (χ3n) is 6.41. The summed E-state index contributed by atoms with van der Waals surface area (Å²) < 4.78 is 20.1. The molecular formula is C30H48N2O12. The van der Waals surface area contributed by atoms with Crippen LogP contribution in [0.1, 0.15) is 53.4 Å². The standard InChI is InChI=1S/C30H48N2O12/c1-17(2)25(37)41-13-21(33)9-29(31,10-22(34)14-42-26(38)18(3)4)30(32,11-23(35)15-43-27(39)19(5)6)12-24(36)16-44-28(40)20(7)8/h21-24,33-36H,1,3,5,7,9-16,31-32H2,2,4,6,8H3. The zero-order valence-corrected chi connectivity index (χ0v) is 26.0. The highest BCUT2D eigenvalue weighted by atomic mass is 16.6. The van der Waals surface area contributed by atoms with Gasteiger partial charge in [-0.1, -0.05) is 26.3 Å². The van der Waals surface area contributed by atoms with Crippen molar-refractivity contribution in [2.24, 2.45) is 11.5 Å². The van der Waals surface area contributed by atoms with Crippen molar-refractivity contribution in [3.8, 4) is 0 Å². The summed E-state index contributed by atoms with van der Waals surface area (Å²) >= 11 is 0. The molecule has 0 aromatic heterocycles. The van der Waals surface area contributed by atoms with Gasteiger partial charge in [0.15, 0.2) is 0 Å². The zero-order valence-electron chi connectivity index (χ0n) is 26.0. The van der Waals surface area contributed by atoms with Gasteiger partial charge in [0.05, 0.1) is 24.4 Å². The highest BCUT2D eigenvalue weighted by Gasteiger charge is 2.50. The lowest BCUT2D eigenvalue weighted by Gasteiger charge is -2.49. The number of aliphatic hydroxyl groups excluding tert-OH is 4. The Morgan fingerprint density at radius 3 is 0.795 bits per heavy atom. The van der Waals surface area contributed by atoms with Gasteiger partial charge < -0.3 is 50.8 Å². The zero-order chi connectivity index (χ0) is 34.4. The molecule has 0 aromatic carbocycles. The number of carbonyl (C=O) groups excluding carboxylic acids is 4. The molecule has 44 heavy (non-hydrogen) atoms. The van der Waals surface area contributed by atoms with Crippen LogP contribution in [0.2, 0.25) is 0 Å². The molecule has 0 aliphatic heterocycles. The molecule has 0 heterocycles. The molecule has 250 valence electrons. The number of nitrogens with two attached hydrogens (primary N) is 2. The Bertz CT molecular complexity index is 926. The summed E-state index contributed by atoms with van der Waals surface area (Å²) in [7, 11) is 0. The molecule has 4 unspecified atom stereocenters. The predicted molar refractivity (Wildman–Crippen MR) is 159 cm³/mol. The average molecular weight is 629 g/mol. The number of hydrogen-bond donors (Lipinski definition) is 6. The minimum Gasteiger partial charge on any atom is -0.460 e. The van der Waals surface area contributed by atoms with Gasteiger partial charge in [-0.25, -0.2) is 19.2 Å². The topological polar surface area (TPSA) is 238 Å². The first-order valence-corrected chi connectivity index (χ1v) is 13.7. The molecule has 0 aliphatic rings. The highest BCUT2D eigenvalue weighted by molar-refractivity contribution is 5.88. The number of aliphatic hydroxyl groups is 4. The fourth-order valence-corrected chi connectivity index (χ4v) is 4.08. The second kappa shape index (κ2) is 18.4. The lowest BCUT2D eigenvalue weighted by molar-refractivity contribution is -0.146. The number of esters is 4. The third kappa shape index (κ3) is 14.4. The third-order valence-corrected chi connectivity index (χ3v) is 6.41. The van der Waals surface area contributed by atoms with E-state index in [4.69, 9.17) is 30.4 Å². The lowest BCUT2D eigenvalue weighted by Crippen LogP contribution is -2.70. The number of rotatable bonds is 21. The molecule has 0 rings (SSSR count). The van der Waals surface area contributed by atoms with Crippen LogP contribution in [0.5, 0.6) is 0 Å². The summed E-state index contributed by atoms with van der Waals surface area (Å²) in [6.07, 6.45) is -7.82. The van der Waals surface area contributed by atoms with Crippen molar-refractivity contribution in [2.45, 2.75) is 88.9 Å². The summed E-state index contributed by atoms with van der Waals surface area (Å²) in [4.78, 5) is 47.5. The van der Waals surface area contributed by atoms with Crippen LogP contribution < -0.4 is 11.5 Å². The number of hydrogen-bond acceptors (Lipinski definition) is 14. The van der Waals surface area contributed by atoms with Crippen molar-refractivity contribution in [3.63, 3.8) is 0 Å². The molecule has 4 atom stereocenters. The van der Waals surface area contributed by atoms with Crippen LogP contribution in [0, 0.1) is 0 Å².